The van der Waals surface area contributed by atoms with Crippen LogP contribution in [0.2, 0.25) is 0 Å². The Balaban J connectivity index is 0.00000144. The zero-order valence-corrected chi connectivity index (χ0v) is 9.15. The number of hydrogen-bond donors (Lipinski definition) is 1. The predicted octanol–water partition coefficient (Wildman–Crippen LogP) is 1.57. The second kappa shape index (κ2) is 5.99. The Morgan fingerprint density at radius 3 is 2.38 bits per heavy atom. The van der Waals surface area contributed by atoms with Crippen LogP contribution >= 0.6 is 0 Å². The Kier molecular flexibility index (Phi) is 5.74. The number of carboxylic acids is 1. The summed E-state index contributed by atoms with van der Waals surface area (Å²) in [5.74, 6) is -1.04. The van der Waals surface area contributed by atoms with Crippen molar-refractivity contribution < 1.29 is 9.90 Å². The molecule has 0 aromatic heterocycles. The first-order valence-electron chi connectivity index (χ1n) is 3.97. The van der Waals surface area contributed by atoms with Gasteiger partial charge in [0.2, 0.25) is 0 Å². The molecule has 3 heteroatoms. The van der Waals surface area contributed by atoms with Gasteiger partial charge in [0.05, 0.1) is 5.92 Å². The van der Waals surface area contributed by atoms with E-state index >= 15 is 0 Å². The summed E-state index contributed by atoms with van der Waals surface area (Å²) < 4.78 is 0. The maximum Gasteiger partial charge on any atom is 2.00 e. The first-order chi connectivity index (χ1) is 5.70. The van der Waals surface area contributed by atoms with Crippen molar-refractivity contribution in [2.45, 2.75) is 13.3 Å². The molecule has 0 heterocycles. The van der Waals surface area contributed by atoms with Gasteiger partial charge in [-0.1, -0.05) is 37.3 Å². The summed E-state index contributed by atoms with van der Waals surface area (Å²) in [4.78, 5) is 10.5. The van der Waals surface area contributed by atoms with Crippen LogP contribution in [-0.4, -0.2) is 34.1 Å². The van der Waals surface area contributed by atoms with Gasteiger partial charge in [-0.25, -0.2) is 0 Å². The van der Waals surface area contributed by atoms with E-state index in [0.717, 1.165) is 5.56 Å². The molecule has 0 aliphatic carbocycles. The van der Waals surface area contributed by atoms with Crippen molar-refractivity contribution in [3.8, 4) is 0 Å². The van der Waals surface area contributed by atoms with Crippen LogP contribution in [0.5, 0.6) is 0 Å². The van der Waals surface area contributed by atoms with E-state index in [2.05, 4.69) is 0 Å². The van der Waals surface area contributed by atoms with Gasteiger partial charge in [-0.05, 0) is 12.0 Å². The summed E-state index contributed by atoms with van der Waals surface area (Å²) in [6.07, 6.45) is 0.607. The Morgan fingerprint density at radius 2 is 1.92 bits per heavy atom. The first-order valence-corrected chi connectivity index (χ1v) is 3.97. The molecule has 1 aromatic carbocycles. The molecule has 0 saturated heterocycles. The third kappa shape index (κ3) is 4.29. The van der Waals surface area contributed by atoms with Gasteiger partial charge >= 0.3 is 29.0 Å². The smallest absolute Gasteiger partial charge is 0.481 e. The van der Waals surface area contributed by atoms with E-state index in [1.807, 2.05) is 30.3 Å². The zero-order chi connectivity index (χ0) is 8.97. The van der Waals surface area contributed by atoms with Crippen molar-refractivity contribution in [3.05, 3.63) is 35.9 Å². The van der Waals surface area contributed by atoms with Gasteiger partial charge < -0.3 is 5.11 Å². The maximum absolute atomic E-state index is 10.5. The van der Waals surface area contributed by atoms with Crippen molar-refractivity contribution in [2.75, 3.05) is 0 Å². The minimum absolute atomic E-state index is 0. The average molecular weight is 189 g/mol. The van der Waals surface area contributed by atoms with Crippen molar-refractivity contribution in [3.63, 3.8) is 0 Å². The molecule has 64 valence electrons. The van der Waals surface area contributed by atoms with E-state index in [4.69, 9.17) is 5.11 Å². The molecule has 1 N–H and O–H groups in total. The quantitative estimate of drug-likeness (QED) is 0.731. The fraction of sp³-hybridized carbons (Fsp3) is 0.300. The number of aliphatic carboxylic acids is 1. The monoisotopic (exact) mass is 188 g/mol. The van der Waals surface area contributed by atoms with Gasteiger partial charge in [-0.15, -0.1) is 0 Å². The number of carboxylic acid groups (broad SMARTS) is 1. The van der Waals surface area contributed by atoms with E-state index in [1.165, 1.54) is 0 Å². The van der Waals surface area contributed by atoms with Gasteiger partial charge in [0.1, 0.15) is 0 Å². The average Bonchev–Trinajstić information content (AvgIpc) is 2.06. The normalized spacial score (nSPS) is 11.5. The van der Waals surface area contributed by atoms with Crippen molar-refractivity contribution in [1.82, 2.24) is 0 Å². The molecule has 1 unspecified atom stereocenters. The second-order valence-corrected chi connectivity index (χ2v) is 2.93. The molecule has 0 radical (unpaired) electrons. The van der Waals surface area contributed by atoms with Crippen LogP contribution in [0.15, 0.2) is 30.3 Å². The van der Waals surface area contributed by atoms with Crippen molar-refractivity contribution >= 4 is 29.0 Å². The molecule has 0 bridgehead atoms. The topological polar surface area (TPSA) is 37.3 Å². The molecule has 0 aliphatic rings. The SMILES string of the molecule is CC(Cc1ccccc1)C(=O)O.[Mg+2]. The molecule has 1 rings (SSSR count). The van der Waals surface area contributed by atoms with Crippen LogP contribution in [0.1, 0.15) is 12.5 Å². The van der Waals surface area contributed by atoms with Gasteiger partial charge in [0, 0.05) is 0 Å². The van der Waals surface area contributed by atoms with Crippen LogP contribution in [0.3, 0.4) is 0 Å². The molecule has 0 amide bonds. The second-order valence-electron chi connectivity index (χ2n) is 2.93. The Hall–Kier alpha value is -0.544. The van der Waals surface area contributed by atoms with E-state index < -0.39 is 5.97 Å². The largest absolute Gasteiger partial charge is 2.00 e. The summed E-state index contributed by atoms with van der Waals surface area (Å²) >= 11 is 0. The van der Waals surface area contributed by atoms with Gasteiger partial charge in [-0.2, -0.15) is 0 Å². The molecular formula is C10H12MgO2+2. The summed E-state index contributed by atoms with van der Waals surface area (Å²) in [6.45, 7) is 1.72. The molecule has 0 spiro atoms. The minimum Gasteiger partial charge on any atom is -0.481 e. The minimum atomic E-state index is -0.737. The Morgan fingerprint density at radius 1 is 1.38 bits per heavy atom. The van der Waals surface area contributed by atoms with E-state index in [0.29, 0.717) is 6.42 Å². The number of rotatable bonds is 3. The van der Waals surface area contributed by atoms with E-state index in [1.54, 1.807) is 6.92 Å². The molecule has 2 nitrogen and oxygen atoms in total. The Labute approximate surface area is 94.1 Å². The van der Waals surface area contributed by atoms with Crippen LogP contribution < -0.4 is 0 Å². The van der Waals surface area contributed by atoms with E-state index in [9.17, 15) is 4.79 Å². The molecule has 1 aromatic rings. The molecule has 13 heavy (non-hydrogen) atoms. The van der Waals surface area contributed by atoms with Gasteiger partial charge in [-0.3, -0.25) is 4.79 Å². The third-order valence-corrected chi connectivity index (χ3v) is 1.81. The van der Waals surface area contributed by atoms with Crippen LogP contribution in [0.4, 0.5) is 0 Å². The molecular weight excluding hydrogens is 176 g/mol. The molecule has 0 fully saturated rings. The standard InChI is InChI=1S/C10H12O2.Mg/c1-8(10(11)12)7-9-5-3-2-4-6-9;/h2-6,8H,7H2,1H3,(H,11,12);/q;+2. The first kappa shape index (κ1) is 12.5. The maximum atomic E-state index is 10.5. The van der Waals surface area contributed by atoms with E-state index in [-0.39, 0.29) is 29.0 Å². The summed E-state index contributed by atoms with van der Waals surface area (Å²) in [5, 5.41) is 8.64. The predicted molar refractivity (Wildman–Crippen MR) is 52.7 cm³/mol. The third-order valence-electron chi connectivity index (χ3n) is 1.81. The Bertz CT molecular complexity index is 259. The van der Waals surface area contributed by atoms with Gasteiger partial charge in [0.25, 0.3) is 0 Å². The number of hydrogen-bond acceptors (Lipinski definition) is 1. The van der Waals surface area contributed by atoms with Crippen molar-refractivity contribution in [2.24, 2.45) is 5.92 Å². The van der Waals surface area contributed by atoms with Crippen LogP contribution in [-0.2, 0) is 11.2 Å². The molecule has 0 aliphatic heterocycles. The van der Waals surface area contributed by atoms with Crippen molar-refractivity contribution in [1.29, 1.82) is 0 Å². The van der Waals surface area contributed by atoms with Gasteiger partial charge in [0.15, 0.2) is 0 Å². The molecule has 0 saturated carbocycles. The fourth-order valence-electron chi connectivity index (χ4n) is 1.05. The fourth-order valence-corrected chi connectivity index (χ4v) is 1.05. The zero-order valence-electron chi connectivity index (χ0n) is 7.73. The summed E-state index contributed by atoms with van der Waals surface area (Å²) in [6, 6.07) is 9.65. The number of benzene rings is 1. The van der Waals surface area contributed by atoms with Crippen LogP contribution in [0, 0.1) is 5.92 Å². The summed E-state index contributed by atoms with van der Waals surface area (Å²) in [7, 11) is 0. The summed E-state index contributed by atoms with van der Waals surface area (Å²) in [5.41, 5.74) is 1.08. The number of carbonyl (C=O) groups is 1. The molecule has 1 atom stereocenters. The van der Waals surface area contributed by atoms with Crippen LogP contribution in [0.25, 0.3) is 0 Å².